The molecule has 0 unspecified atom stereocenters. The molecule has 0 aliphatic carbocycles. The summed E-state index contributed by atoms with van der Waals surface area (Å²) in [7, 11) is 0. The fourth-order valence-corrected chi connectivity index (χ4v) is 1.11. The highest BCUT2D eigenvalue weighted by Crippen LogP contribution is 2.16. The van der Waals surface area contributed by atoms with E-state index < -0.39 is 5.97 Å². The van der Waals surface area contributed by atoms with Crippen LogP contribution in [0.2, 0.25) is 0 Å². The molecule has 0 aliphatic rings. The minimum absolute atomic E-state index is 0.0210. The molecule has 2 aromatic rings. The van der Waals surface area contributed by atoms with E-state index in [1.165, 1.54) is 12.1 Å². The summed E-state index contributed by atoms with van der Waals surface area (Å²) in [6, 6.07) is 6.09. The Hall–Kier alpha value is -2.37. The highest BCUT2D eigenvalue weighted by molar-refractivity contribution is 5.88. The topological polar surface area (TPSA) is 102 Å². The Balaban J connectivity index is 2.35. The summed E-state index contributed by atoms with van der Waals surface area (Å²) in [5.74, 6) is -0.640. The molecule has 1 aromatic heterocycles. The van der Waals surface area contributed by atoms with Crippen LogP contribution in [-0.2, 0) is 0 Å². The first-order valence-electron chi connectivity index (χ1n) is 4.10. The molecular weight excluding hydrogens is 198 g/mol. The number of hydrogen-bond acceptors (Lipinski definition) is 5. The molecule has 0 aliphatic heterocycles. The van der Waals surface area contributed by atoms with Crippen molar-refractivity contribution in [2.24, 2.45) is 0 Å². The molecule has 3 N–H and O–H groups in total. The molecule has 6 nitrogen and oxygen atoms in total. The van der Waals surface area contributed by atoms with E-state index in [1.54, 1.807) is 12.1 Å². The van der Waals surface area contributed by atoms with Crippen molar-refractivity contribution >= 4 is 12.0 Å². The maximum atomic E-state index is 10.6. The Morgan fingerprint density at radius 1 is 1.33 bits per heavy atom. The van der Waals surface area contributed by atoms with Crippen molar-refractivity contribution in [2.75, 3.05) is 5.73 Å². The van der Waals surface area contributed by atoms with E-state index in [1.807, 2.05) is 0 Å². The molecule has 0 fully saturated rings. The lowest BCUT2D eigenvalue weighted by Gasteiger charge is -1.95. The van der Waals surface area contributed by atoms with E-state index in [0.717, 1.165) is 0 Å². The molecule has 0 amide bonds. The summed E-state index contributed by atoms with van der Waals surface area (Å²) >= 11 is 0. The van der Waals surface area contributed by atoms with Gasteiger partial charge in [0, 0.05) is 5.56 Å². The predicted octanol–water partition coefficient (Wildman–Crippen LogP) is 1.02. The Morgan fingerprint density at radius 2 is 2.00 bits per heavy atom. The van der Waals surface area contributed by atoms with Crippen LogP contribution in [0.4, 0.5) is 6.01 Å². The number of benzene rings is 1. The van der Waals surface area contributed by atoms with Crippen LogP contribution in [0.5, 0.6) is 0 Å². The maximum Gasteiger partial charge on any atom is 0.335 e. The largest absolute Gasteiger partial charge is 0.478 e. The molecule has 76 valence electrons. The van der Waals surface area contributed by atoms with Crippen molar-refractivity contribution in [1.82, 2.24) is 10.1 Å². The predicted molar refractivity (Wildman–Crippen MR) is 51.1 cm³/mol. The molecule has 1 aromatic carbocycles. The summed E-state index contributed by atoms with van der Waals surface area (Å²) in [6.07, 6.45) is 0. The zero-order chi connectivity index (χ0) is 10.8. The summed E-state index contributed by atoms with van der Waals surface area (Å²) < 4.78 is 4.60. The Morgan fingerprint density at radius 3 is 2.47 bits per heavy atom. The van der Waals surface area contributed by atoms with E-state index >= 15 is 0 Å². The van der Waals surface area contributed by atoms with E-state index in [0.29, 0.717) is 11.4 Å². The monoisotopic (exact) mass is 205 g/mol. The molecule has 6 heteroatoms. The summed E-state index contributed by atoms with van der Waals surface area (Å²) in [4.78, 5) is 14.4. The van der Waals surface area contributed by atoms with Gasteiger partial charge in [0.2, 0.25) is 5.82 Å². The van der Waals surface area contributed by atoms with Crippen LogP contribution in [0.1, 0.15) is 10.4 Å². The van der Waals surface area contributed by atoms with Crippen LogP contribution >= 0.6 is 0 Å². The normalized spacial score (nSPS) is 10.1. The van der Waals surface area contributed by atoms with Crippen LogP contribution in [0.25, 0.3) is 11.4 Å². The van der Waals surface area contributed by atoms with Gasteiger partial charge < -0.3 is 15.4 Å². The van der Waals surface area contributed by atoms with Crippen LogP contribution in [-0.4, -0.2) is 21.2 Å². The van der Waals surface area contributed by atoms with Gasteiger partial charge in [-0.1, -0.05) is 17.3 Å². The number of aromatic carboxylic acids is 1. The summed E-state index contributed by atoms with van der Waals surface area (Å²) in [5, 5.41) is 12.3. The molecular formula is C9H7N3O3. The smallest absolute Gasteiger partial charge is 0.335 e. The van der Waals surface area contributed by atoms with Gasteiger partial charge >= 0.3 is 12.0 Å². The molecule has 0 bridgehead atoms. The number of nitrogens with zero attached hydrogens (tertiary/aromatic N) is 2. The number of anilines is 1. The average molecular weight is 205 g/mol. The van der Waals surface area contributed by atoms with Crippen LogP contribution in [0, 0.1) is 0 Å². The third-order valence-corrected chi connectivity index (χ3v) is 1.83. The molecule has 2 rings (SSSR count). The van der Waals surface area contributed by atoms with Crippen molar-refractivity contribution in [3.8, 4) is 11.4 Å². The molecule has 0 atom stereocenters. The van der Waals surface area contributed by atoms with Crippen molar-refractivity contribution in [2.45, 2.75) is 0 Å². The lowest BCUT2D eigenvalue weighted by atomic mass is 10.1. The molecule has 0 saturated carbocycles. The lowest BCUT2D eigenvalue weighted by molar-refractivity contribution is 0.0697. The number of aromatic nitrogens is 2. The third kappa shape index (κ3) is 1.78. The number of carboxylic acids is 1. The molecule has 15 heavy (non-hydrogen) atoms. The van der Waals surface area contributed by atoms with Gasteiger partial charge in [-0.2, -0.15) is 4.98 Å². The third-order valence-electron chi connectivity index (χ3n) is 1.83. The van der Waals surface area contributed by atoms with Gasteiger partial charge in [-0.15, -0.1) is 0 Å². The second-order valence-corrected chi connectivity index (χ2v) is 2.84. The first kappa shape index (κ1) is 9.20. The Kier molecular flexibility index (Phi) is 2.09. The van der Waals surface area contributed by atoms with Crippen LogP contribution in [0.15, 0.2) is 28.8 Å². The van der Waals surface area contributed by atoms with Crippen molar-refractivity contribution in [1.29, 1.82) is 0 Å². The first-order valence-corrected chi connectivity index (χ1v) is 4.10. The Labute approximate surface area is 84.3 Å². The fourth-order valence-electron chi connectivity index (χ4n) is 1.11. The number of carbonyl (C=O) groups is 1. The van der Waals surface area contributed by atoms with Gasteiger partial charge in [0.15, 0.2) is 0 Å². The first-order chi connectivity index (χ1) is 7.16. The zero-order valence-corrected chi connectivity index (χ0v) is 7.54. The van der Waals surface area contributed by atoms with Crippen molar-refractivity contribution in [3.05, 3.63) is 29.8 Å². The average Bonchev–Trinajstić information content (AvgIpc) is 2.65. The minimum atomic E-state index is -0.978. The van der Waals surface area contributed by atoms with E-state index in [9.17, 15) is 4.79 Å². The lowest BCUT2D eigenvalue weighted by Crippen LogP contribution is -1.95. The second kappa shape index (κ2) is 3.41. The number of rotatable bonds is 2. The number of carboxylic acid groups (broad SMARTS) is 1. The summed E-state index contributed by atoms with van der Waals surface area (Å²) in [6.45, 7) is 0. The van der Waals surface area contributed by atoms with Crippen LogP contribution < -0.4 is 5.73 Å². The van der Waals surface area contributed by atoms with E-state index in [-0.39, 0.29) is 11.6 Å². The number of hydrogen-bond donors (Lipinski definition) is 2. The van der Waals surface area contributed by atoms with Crippen LogP contribution in [0.3, 0.4) is 0 Å². The van der Waals surface area contributed by atoms with Gasteiger partial charge in [-0.25, -0.2) is 4.79 Å². The van der Waals surface area contributed by atoms with Crippen molar-refractivity contribution in [3.63, 3.8) is 0 Å². The van der Waals surface area contributed by atoms with E-state index in [4.69, 9.17) is 10.8 Å². The quantitative estimate of drug-likeness (QED) is 0.758. The van der Waals surface area contributed by atoms with E-state index in [2.05, 4.69) is 14.7 Å². The van der Waals surface area contributed by atoms with Gasteiger partial charge in [-0.05, 0) is 12.1 Å². The number of nitrogen functional groups attached to an aromatic ring is 1. The molecule has 0 saturated heterocycles. The fraction of sp³-hybridized carbons (Fsp3) is 0. The Bertz CT molecular complexity index is 490. The SMILES string of the molecule is Nc1nc(-c2ccc(C(=O)O)cc2)no1. The van der Waals surface area contributed by atoms with Gasteiger partial charge in [0.1, 0.15) is 0 Å². The van der Waals surface area contributed by atoms with Crippen molar-refractivity contribution < 1.29 is 14.4 Å². The van der Waals surface area contributed by atoms with Gasteiger partial charge in [0.25, 0.3) is 0 Å². The molecule has 0 spiro atoms. The van der Waals surface area contributed by atoms with Gasteiger partial charge in [0.05, 0.1) is 5.56 Å². The standard InChI is InChI=1S/C9H7N3O3/c10-9-11-7(12-15-9)5-1-3-6(4-2-5)8(13)14/h1-4H,(H,13,14)(H2,10,11,12). The minimum Gasteiger partial charge on any atom is -0.478 e. The highest BCUT2D eigenvalue weighted by atomic mass is 16.5. The van der Waals surface area contributed by atoms with Gasteiger partial charge in [-0.3, -0.25) is 0 Å². The maximum absolute atomic E-state index is 10.6. The highest BCUT2D eigenvalue weighted by Gasteiger charge is 2.07. The molecule has 1 heterocycles. The molecule has 0 radical (unpaired) electrons. The summed E-state index contributed by atoms with van der Waals surface area (Å²) in [5.41, 5.74) is 6.12. The second-order valence-electron chi connectivity index (χ2n) is 2.84. The number of nitrogens with two attached hydrogens (primary N) is 1. The zero-order valence-electron chi connectivity index (χ0n) is 7.54.